The number of pyridine rings is 2. The van der Waals surface area contributed by atoms with Crippen LogP contribution in [0.4, 0.5) is 5.82 Å². The Hall–Kier alpha value is -2.42. The predicted molar refractivity (Wildman–Crippen MR) is 84.8 cm³/mol. The van der Waals surface area contributed by atoms with E-state index in [0.29, 0.717) is 21.2 Å². The third kappa shape index (κ3) is 3.25. The van der Waals surface area contributed by atoms with E-state index in [1.165, 1.54) is 35.9 Å². The molecule has 0 radical (unpaired) electrons. The molecule has 0 bridgehead atoms. The van der Waals surface area contributed by atoms with E-state index in [-0.39, 0.29) is 11.4 Å². The normalized spacial score (nSPS) is 9.95. The number of thioether (sulfide) groups is 2. The fraction of sp³-hybridized carbons (Fsp3) is 0.143. The zero-order chi connectivity index (χ0) is 16.1. The lowest BCUT2D eigenvalue weighted by molar-refractivity contribution is -0.605. The van der Waals surface area contributed by atoms with Crippen molar-refractivity contribution in [2.24, 2.45) is 0 Å². The van der Waals surface area contributed by atoms with Crippen molar-refractivity contribution in [1.29, 1.82) is 10.5 Å². The Kier molecular flexibility index (Phi) is 5.10. The Morgan fingerprint density at radius 1 is 1.36 bits per heavy atom. The fourth-order valence-electron chi connectivity index (χ4n) is 1.81. The summed E-state index contributed by atoms with van der Waals surface area (Å²) in [6.07, 6.45) is 4.64. The van der Waals surface area contributed by atoms with Crippen LogP contribution in [0.3, 0.4) is 0 Å². The molecule has 0 saturated carbocycles. The van der Waals surface area contributed by atoms with Gasteiger partial charge < -0.3 is 10.9 Å². The van der Waals surface area contributed by atoms with Crippen molar-refractivity contribution in [3.05, 3.63) is 46.4 Å². The molecule has 2 aromatic heterocycles. The van der Waals surface area contributed by atoms with Gasteiger partial charge >= 0.3 is 0 Å². The molecule has 0 aliphatic carbocycles. The maximum atomic E-state index is 11.2. The van der Waals surface area contributed by atoms with Gasteiger partial charge in [0.15, 0.2) is 12.4 Å². The molecule has 0 spiro atoms. The molecule has 0 saturated heterocycles. The number of nitriles is 2. The number of hydrogen-bond acceptors (Lipinski definition) is 7. The Balaban J connectivity index is 2.38. The average Bonchev–Trinajstić information content (AvgIpc) is 2.52. The minimum atomic E-state index is 0.111. The highest BCUT2D eigenvalue weighted by Crippen LogP contribution is 2.34. The summed E-state index contributed by atoms with van der Waals surface area (Å²) >= 11 is 2.60. The van der Waals surface area contributed by atoms with Crippen molar-refractivity contribution in [3.8, 4) is 12.1 Å². The number of hydrogen-bond donors (Lipinski definition) is 1. The largest absolute Gasteiger partial charge is 0.619 e. The Morgan fingerprint density at radius 3 is 2.68 bits per heavy atom. The Morgan fingerprint density at radius 2 is 2.09 bits per heavy atom. The third-order valence-corrected chi connectivity index (χ3v) is 4.65. The topological polar surface area (TPSA) is 113 Å². The van der Waals surface area contributed by atoms with Gasteiger partial charge in [-0.2, -0.15) is 15.3 Å². The molecule has 0 fully saturated rings. The van der Waals surface area contributed by atoms with E-state index >= 15 is 0 Å². The second-order valence-corrected chi connectivity index (χ2v) is 5.95. The van der Waals surface area contributed by atoms with Crippen LogP contribution in [0.15, 0.2) is 34.4 Å². The average molecular weight is 329 g/mol. The zero-order valence-corrected chi connectivity index (χ0v) is 13.2. The minimum Gasteiger partial charge on any atom is -0.619 e. The van der Waals surface area contributed by atoms with E-state index in [1.807, 2.05) is 12.1 Å². The van der Waals surface area contributed by atoms with Crippen molar-refractivity contribution >= 4 is 29.3 Å². The molecule has 0 aliphatic rings. The first-order valence-electron chi connectivity index (χ1n) is 6.08. The van der Waals surface area contributed by atoms with Gasteiger partial charge in [-0.3, -0.25) is 0 Å². The smallest absolute Gasteiger partial charge is 0.184 e. The van der Waals surface area contributed by atoms with Crippen LogP contribution in [-0.4, -0.2) is 11.2 Å². The molecule has 22 heavy (non-hydrogen) atoms. The highest BCUT2D eigenvalue weighted by Gasteiger charge is 2.18. The fourth-order valence-corrected chi connectivity index (χ4v) is 3.51. The second-order valence-electron chi connectivity index (χ2n) is 4.17. The van der Waals surface area contributed by atoms with Crippen LogP contribution < -0.4 is 10.5 Å². The maximum Gasteiger partial charge on any atom is 0.184 e. The van der Waals surface area contributed by atoms with Crippen molar-refractivity contribution in [2.75, 3.05) is 12.0 Å². The first-order chi connectivity index (χ1) is 10.6. The lowest BCUT2D eigenvalue weighted by atomic mass is 10.2. The monoisotopic (exact) mass is 329 g/mol. The SMILES string of the molecule is CSc1c(C#N)c(N)nc(SCc2ccc[n+]([O-])c2)c1C#N. The molecule has 8 heteroatoms. The van der Waals surface area contributed by atoms with Gasteiger partial charge in [0.1, 0.15) is 28.5 Å². The van der Waals surface area contributed by atoms with Gasteiger partial charge in [-0.25, -0.2) is 4.98 Å². The number of nitrogen functional groups attached to an aromatic ring is 1. The van der Waals surface area contributed by atoms with E-state index in [9.17, 15) is 10.5 Å². The van der Waals surface area contributed by atoms with Gasteiger partial charge in [0, 0.05) is 22.3 Å². The maximum absolute atomic E-state index is 11.2. The Labute approximate surface area is 136 Å². The quantitative estimate of drug-likeness (QED) is 0.518. The number of anilines is 1. The molecule has 2 aromatic rings. The van der Waals surface area contributed by atoms with Gasteiger partial charge in [-0.15, -0.1) is 11.8 Å². The number of nitrogens with two attached hydrogens (primary N) is 1. The summed E-state index contributed by atoms with van der Waals surface area (Å²) in [4.78, 5) is 4.69. The van der Waals surface area contributed by atoms with Gasteiger partial charge in [0.2, 0.25) is 0 Å². The molecule has 2 N–H and O–H groups in total. The molecule has 110 valence electrons. The van der Waals surface area contributed by atoms with E-state index in [0.717, 1.165) is 10.3 Å². The van der Waals surface area contributed by atoms with E-state index in [2.05, 4.69) is 11.1 Å². The van der Waals surface area contributed by atoms with Crippen LogP contribution in [0.25, 0.3) is 0 Å². The summed E-state index contributed by atoms with van der Waals surface area (Å²) in [6.45, 7) is 0. The third-order valence-electron chi connectivity index (χ3n) is 2.79. The van der Waals surface area contributed by atoms with Crippen LogP contribution in [0.5, 0.6) is 0 Å². The molecule has 0 aromatic carbocycles. The zero-order valence-electron chi connectivity index (χ0n) is 11.6. The molecule has 2 heterocycles. The molecular weight excluding hydrogens is 318 g/mol. The van der Waals surface area contributed by atoms with Crippen molar-refractivity contribution < 1.29 is 4.73 Å². The summed E-state index contributed by atoms with van der Waals surface area (Å²) in [5.74, 6) is 0.588. The van der Waals surface area contributed by atoms with Crippen LogP contribution in [0.2, 0.25) is 0 Å². The summed E-state index contributed by atoms with van der Waals surface area (Å²) in [7, 11) is 0. The minimum absolute atomic E-state index is 0.111. The molecule has 0 atom stereocenters. The summed E-state index contributed by atoms with van der Waals surface area (Å²) in [5, 5.41) is 30.2. The molecule has 0 amide bonds. The summed E-state index contributed by atoms with van der Waals surface area (Å²) in [6, 6.07) is 7.54. The van der Waals surface area contributed by atoms with E-state index in [1.54, 1.807) is 12.3 Å². The van der Waals surface area contributed by atoms with Crippen molar-refractivity contribution in [2.45, 2.75) is 15.7 Å². The standard InChI is InChI=1S/C14H11N5OS2/c1-21-12-10(5-15)13(17)18-14(11(12)6-16)22-8-9-3-2-4-19(20)7-9/h2-4,7H,8H2,1H3,(H2,17,18). The first kappa shape index (κ1) is 16.0. The van der Waals surface area contributed by atoms with Crippen LogP contribution in [0.1, 0.15) is 16.7 Å². The van der Waals surface area contributed by atoms with Gasteiger partial charge in [0.05, 0.1) is 5.56 Å². The van der Waals surface area contributed by atoms with E-state index < -0.39 is 0 Å². The summed E-state index contributed by atoms with van der Waals surface area (Å²) in [5.41, 5.74) is 7.18. The predicted octanol–water partition coefficient (Wildman–Crippen LogP) is 2.05. The molecule has 0 aliphatic heterocycles. The molecule has 0 unspecified atom stereocenters. The number of nitrogens with zero attached hydrogens (tertiary/aromatic N) is 4. The Bertz CT molecular complexity index is 795. The van der Waals surface area contributed by atoms with Crippen LogP contribution >= 0.6 is 23.5 Å². The van der Waals surface area contributed by atoms with Crippen LogP contribution in [-0.2, 0) is 5.75 Å². The molecular formula is C14H11N5OS2. The van der Waals surface area contributed by atoms with E-state index in [4.69, 9.17) is 11.0 Å². The second kappa shape index (κ2) is 7.03. The highest BCUT2D eigenvalue weighted by molar-refractivity contribution is 7.99. The first-order valence-corrected chi connectivity index (χ1v) is 8.30. The van der Waals surface area contributed by atoms with Crippen molar-refractivity contribution in [3.63, 3.8) is 0 Å². The lowest BCUT2D eigenvalue weighted by Crippen LogP contribution is -2.24. The van der Waals surface area contributed by atoms with Gasteiger partial charge in [0.25, 0.3) is 0 Å². The molecule has 2 rings (SSSR count). The van der Waals surface area contributed by atoms with Gasteiger partial charge in [-0.05, 0) is 12.3 Å². The summed E-state index contributed by atoms with van der Waals surface area (Å²) < 4.78 is 0.717. The molecule has 6 nitrogen and oxygen atoms in total. The number of aromatic nitrogens is 2. The number of rotatable bonds is 4. The van der Waals surface area contributed by atoms with Gasteiger partial charge in [-0.1, -0.05) is 11.8 Å². The van der Waals surface area contributed by atoms with Crippen molar-refractivity contribution in [1.82, 2.24) is 4.98 Å². The lowest BCUT2D eigenvalue weighted by Gasteiger charge is -2.10. The van der Waals surface area contributed by atoms with Crippen LogP contribution in [0, 0.1) is 27.9 Å². The highest BCUT2D eigenvalue weighted by atomic mass is 32.2.